The largest absolute Gasteiger partial charge is 0.444 e. The van der Waals surface area contributed by atoms with Gasteiger partial charge in [0.15, 0.2) is 0 Å². The van der Waals surface area contributed by atoms with E-state index < -0.39 is 5.60 Å². The molecule has 196 valence electrons. The van der Waals surface area contributed by atoms with E-state index in [0.717, 1.165) is 48.7 Å². The summed E-state index contributed by atoms with van der Waals surface area (Å²) in [4.78, 5) is 32.0. The first-order valence-electron chi connectivity index (χ1n) is 13.5. The van der Waals surface area contributed by atoms with Gasteiger partial charge in [0, 0.05) is 61.4 Å². The van der Waals surface area contributed by atoms with Gasteiger partial charge < -0.3 is 23.8 Å². The Labute approximate surface area is 214 Å². The smallest absolute Gasteiger partial charge is 0.410 e. The quantitative estimate of drug-likeness (QED) is 0.641. The number of amides is 2. The molecule has 3 fully saturated rings. The summed E-state index contributed by atoms with van der Waals surface area (Å²) in [6, 6.07) is 8.76. The molecule has 0 bridgehead atoms. The molecular weight excluding hydrogens is 456 g/mol. The number of nitrogens with zero attached hydrogens (tertiary/aromatic N) is 4. The van der Waals surface area contributed by atoms with Gasteiger partial charge in [0.2, 0.25) is 0 Å². The fraction of sp³-hybridized carbons (Fsp3) is 0.643. The van der Waals surface area contributed by atoms with Gasteiger partial charge in [0.25, 0.3) is 5.91 Å². The number of hydrogen-bond donors (Lipinski definition) is 0. The second kappa shape index (κ2) is 10.4. The molecule has 1 atom stereocenters. The summed E-state index contributed by atoms with van der Waals surface area (Å²) in [5.41, 5.74) is 1.30. The Morgan fingerprint density at radius 1 is 1.00 bits per heavy atom. The van der Waals surface area contributed by atoms with Gasteiger partial charge in [-0.05, 0) is 57.9 Å². The fourth-order valence-corrected chi connectivity index (χ4v) is 5.78. The first-order chi connectivity index (χ1) is 17.3. The third-order valence-electron chi connectivity index (χ3n) is 7.65. The topological polar surface area (TPSA) is 67.2 Å². The van der Waals surface area contributed by atoms with Crippen molar-refractivity contribution in [2.45, 2.75) is 70.7 Å². The second-order valence-corrected chi connectivity index (χ2v) is 11.4. The molecule has 1 aliphatic carbocycles. The van der Waals surface area contributed by atoms with E-state index in [0.29, 0.717) is 26.2 Å². The Balaban J connectivity index is 1.19. The third kappa shape index (κ3) is 5.70. The molecule has 3 heterocycles. The zero-order chi connectivity index (χ0) is 25.3. The summed E-state index contributed by atoms with van der Waals surface area (Å²) < 4.78 is 13.6. The van der Waals surface area contributed by atoms with Gasteiger partial charge in [0.1, 0.15) is 5.60 Å². The van der Waals surface area contributed by atoms with Crippen molar-refractivity contribution >= 4 is 22.9 Å². The van der Waals surface area contributed by atoms with Gasteiger partial charge in [-0.25, -0.2) is 4.79 Å². The molecule has 0 spiro atoms. The van der Waals surface area contributed by atoms with Crippen LogP contribution in [-0.4, -0.2) is 94.9 Å². The van der Waals surface area contributed by atoms with E-state index in [2.05, 4.69) is 15.5 Å². The highest BCUT2D eigenvalue weighted by molar-refractivity contribution is 5.98. The van der Waals surface area contributed by atoms with Crippen LogP contribution in [-0.2, 0) is 16.0 Å². The molecule has 1 aromatic heterocycles. The van der Waals surface area contributed by atoms with Gasteiger partial charge in [-0.2, -0.15) is 0 Å². The number of piperazine rings is 1. The van der Waals surface area contributed by atoms with Gasteiger partial charge in [0.05, 0.1) is 25.8 Å². The van der Waals surface area contributed by atoms with Gasteiger partial charge in [-0.3, -0.25) is 9.69 Å². The summed E-state index contributed by atoms with van der Waals surface area (Å²) in [7, 11) is 0. The van der Waals surface area contributed by atoms with Crippen molar-refractivity contribution < 1.29 is 19.1 Å². The Morgan fingerprint density at radius 3 is 2.47 bits per heavy atom. The lowest BCUT2D eigenvalue weighted by atomic mass is 10.1. The monoisotopic (exact) mass is 496 g/mol. The zero-order valence-electron chi connectivity index (χ0n) is 21.9. The van der Waals surface area contributed by atoms with Crippen LogP contribution in [0.1, 0.15) is 56.8 Å². The van der Waals surface area contributed by atoms with Crippen LogP contribution in [0, 0.1) is 0 Å². The Hall–Kier alpha value is -2.58. The van der Waals surface area contributed by atoms with Crippen molar-refractivity contribution in [3.8, 4) is 0 Å². The van der Waals surface area contributed by atoms with Crippen LogP contribution >= 0.6 is 0 Å². The number of benzene rings is 1. The standard InChI is InChI=1S/C28H40N4O4/c1-28(2,3)36-27(34)32-16-17-35-24(20-32)19-31-11-10-21-18-22(8-9-25(21)31)26(33)30-14-12-29(13-15-30)23-6-4-5-7-23/h8-11,18,23-24H,4-7,12-17,19-20H2,1-3H3. The van der Waals surface area contributed by atoms with Crippen LogP contribution in [0.3, 0.4) is 0 Å². The number of morpholine rings is 1. The maximum Gasteiger partial charge on any atom is 0.410 e. The van der Waals surface area contributed by atoms with E-state index >= 15 is 0 Å². The summed E-state index contributed by atoms with van der Waals surface area (Å²) in [5.74, 6) is 0.124. The Bertz CT molecular complexity index is 1080. The zero-order valence-corrected chi connectivity index (χ0v) is 21.9. The molecule has 1 aromatic carbocycles. The van der Waals surface area contributed by atoms with Crippen molar-refractivity contribution in [1.82, 2.24) is 19.3 Å². The number of ether oxygens (including phenoxy) is 2. The average Bonchev–Trinajstić information content (AvgIpc) is 3.53. The van der Waals surface area contributed by atoms with Crippen molar-refractivity contribution in [2.75, 3.05) is 45.9 Å². The lowest BCUT2D eigenvalue weighted by Gasteiger charge is -2.38. The molecule has 2 aliphatic heterocycles. The molecule has 0 N–H and O–H groups in total. The summed E-state index contributed by atoms with van der Waals surface area (Å²) in [6.45, 7) is 11.4. The van der Waals surface area contributed by atoms with Gasteiger partial charge in [-0.1, -0.05) is 12.8 Å². The third-order valence-corrected chi connectivity index (χ3v) is 7.65. The summed E-state index contributed by atoms with van der Waals surface area (Å²) in [6.07, 6.45) is 6.95. The van der Waals surface area contributed by atoms with Crippen molar-refractivity contribution in [3.05, 3.63) is 36.0 Å². The molecule has 3 aliphatic rings. The number of hydrogen-bond acceptors (Lipinski definition) is 5. The predicted molar refractivity (Wildman–Crippen MR) is 139 cm³/mol. The van der Waals surface area contributed by atoms with Crippen LogP contribution in [0.15, 0.2) is 30.5 Å². The van der Waals surface area contributed by atoms with Crippen LogP contribution in [0.4, 0.5) is 4.79 Å². The van der Waals surface area contributed by atoms with E-state index in [1.54, 1.807) is 4.90 Å². The molecule has 5 rings (SSSR count). The molecule has 8 heteroatoms. The summed E-state index contributed by atoms with van der Waals surface area (Å²) >= 11 is 0. The van der Waals surface area contributed by atoms with E-state index in [4.69, 9.17) is 9.47 Å². The van der Waals surface area contributed by atoms with E-state index in [9.17, 15) is 9.59 Å². The highest BCUT2D eigenvalue weighted by Gasteiger charge is 2.30. The maximum absolute atomic E-state index is 13.2. The van der Waals surface area contributed by atoms with Gasteiger partial charge >= 0.3 is 6.09 Å². The van der Waals surface area contributed by atoms with Crippen LogP contribution in [0.2, 0.25) is 0 Å². The number of fused-ring (bicyclic) bond motifs is 1. The molecule has 36 heavy (non-hydrogen) atoms. The van der Waals surface area contributed by atoms with E-state index in [1.165, 1.54) is 25.7 Å². The molecule has 2 amide bonds. The minimum Gasteiger partial charge on any atom is -0.444 e. The normalized spacial score (nSPS) is 22.4. The molecule has 2 aromatic rings. The SMILES string of the molecule is CC(C)(C)OC(=O)N1CCOC(Cn2ccc3cc(C(=O)N4CCN(C5CCCC5)CC4)ccc32)C1. The molecule has 1 unspecified atom stereocenters. The summed E-state index contributed by atoms with van der Waals surface area (Å²) in [5, 5.41) is 1.05. The Kier molecular flexibility index (Phi) is 7.26. The lowest BCUT2D eigenvalue weighted by Crippen LogP contribution is -2.51. The van der Waals surface area contributed by atoms with Crippen molar-refractivity contribution in [1.29, 1.82) is 0 Å². The van der Waals surface area contributed by atoms with Gasteiger partial charge in [-0.15, -0.1) is 0 Å². The number of rotatable bonds is 4. The maximum atomic E-state index is 13.2. The molecule has 8 nitrogen and oxygen atoms in total. The highest BCUT2D eigenvalue weighted by Crippen LogP contribution is 2.25. The van der Waals surface area contributed by atoms with Crippen molar-refractivity contribution in [2.24, 2.45) is 0 Å². The van der Waals surface area contributed by atoms with Crippen molar-refractivity contribution in [3.63, 3.8) is 0 Å². The first-order valence-corrected chi connectivity index (χ1v) is 13.5. The second-order valence-electron chi connectivity index (χ2n) is 11.4. The molecule has 0 radical (unpaired) electrons. The number of carbonyl (C=O) groups excluding carboxylic acids is 2. The number of carbonyl (C=O) groups is 2. The minimum atomic E-state index is -0.514. The fourth-order valence-electron chi connectivity index (χ4n) is 5.78. The average molecular weight is 497 g/mol. The molecule has 2 saturated heterocycles. The molecule has 1 saturated carbocycles. The highest BCUT2D eigenvalue weighted by atomic mass is 16.6. The minimum absolute atomic E-state index is 0.112. The van der Waals surface area contributed by atoms with Crippen LogP contribution in [0.25, 0.3) is 10.9 Å². The Morgan fingerprint density at radius 2 is 1.75 bits per heavy atom. The van der Waals surface area contributed by atoms with Crippen LogP contribution in [0.5, 0.6) is 0 Å². The first kappa shape index (κ1) is 25.1. The van der Waals surface area contributed by atoms with E-state index in [1.807, 2.05) is 50.1 Å². The lowest BCUT2D eigenvalue weighted by molar-refractivity contribution is -0.0469. The van der Waals surface area contributed by atoms with E-state index in [-0.39, 0.29) is 18.1 Å². The van der Waals surface area contributed by atoms with Crippen LogP contribution < -0.4 is 0 Å². The molecular formula is C28H40N4O4. The number of aromatic nitrogens is 1. The predicted octanol–water partition coefficient (Wildman–Crippen LogP) is 3.98.